The van der Waals surface area contributed by atoms with Gasteiger partial charge in [-0.15, -0.1) is 11.8 Å². The summed E-state index contributed by atoms with van der Waals surface area (Å²) in [6.07, 6.45) is 0. The fraction of sp³-hybridized carbons (Fsp3) is 0.900. The normalized spacial score (nSPS) is 20.5. The van der Waals surface area contributed by atoms with Gasteiger partial charge in [0.15, 0.2) is 0 Å². The third-order valence-electron chi connectivity index (χ3n) is 2.73. The minimum absolute atomic E-state index is 0.0876. The van der Waals surface area contributed by atoms with Gasteiger partial charge in [0.1, 0.15) is 0 Å². The molecule has 1 rings (SSSR count). The third-order valence-corrected chi connectivity index (χ3v) is 3.70. The zero-order valence-corrected chi connectivity index (χ0v) is 9.78. The van der Waals surface area contributed by atoms with E-state index in [1.54, 1.807) is 0 Å². The predicted octanol–water partition coefficient (Wildman–Crippen LogP) is 2.20. The molecule has 1 fully saturated rings. The van der Waals surface area contributed by atoms with Crippen LogP contribution in [0.2, 0.25) is 0 Å². The number of hydrogen-bond acceptors (Lipinski definition) is 2. The average molecular weight is 201 g/mol. The van der Waals surface area contributed by atoms with Crippen LogP contribution >= 0.6 is 11.8 Å². The van der Waals surface area contributed by atoms with E-state index < -0.39 is 0 Å². The summed E-state index contributed by atoms with van der Waals surface area (Å²) >= 11 is 1.84. The molecule has 13 heavy (non-hydrogen) atoms. The number of rotatable bonds is 1. The molecule has 1 saturated heterocycles. The molecule has 1 unspecified atom stereocenters. The first-order valence-corrected chi connectivity index (χ1v) is 5.95. The molecule has 2 nitrogen and oxygen atoms in total. The molecule has 0 spiro atoms. The first-order valence-electron chi connectivity index (χ1n) is 4.79. The maximum atomic E-state index is 11.9. The SMILES string of the molecule is CC(C(=O)N1CCSC1)C(C)(C)C. The summed E-state index contributed by atoms with van der Waals surface area (Å²) in [5, 5.41) is 0. The number of thioether (sulfide) groups is 1. The molecule has 1 aliphatic rings. The van der Waals surface area contributed by atoms with Crippen molar-refractivity contribution in [2.45, 2.75) is 27.7 Å². The van der Waals surface area contributed by atoms with Gasteiger partial charge in [-0.25, -0.2) is 0 Å². The molecule has 3 heteroatoms. The molecule has 0 bridgehead atoms. The summed E-state index contributed by atoms with van der Waals surface area (Å²) in [5.74, 6) is 2.44. The van der Waals surface area contributed by atoms with Crippen molar-refractivity contribution in [3.8, 4) is 0 Å². The summed E-state index contributed by atoms with van der Waals surface area (Å²) < 4.78 is 0. The Morgan fingerprint density at radius 3 is 2.46 bits per heavy atom. The highest BCUT2D eigenvalue weighted by Crippen LogP contribution is 2.28. The molecular formula is C10H19NOS. The summed E-state index contributed by atoms with van der Waals surface area (Å²) in [6.45, 7) is 9.34. The topological polar surface area (TPSA) is 20.3 Å². The lowest BCUT2D eigenvalue weighted by Gasteiger charge is -2.29. The molecule has 0 aromatic heterocycles. The average Bonchev–Trinajstić information content (AvgIpc) is 2.51. The molecule has 76 valence electrons. The fourth-order valence-corrected chi connectivity index (χ4v) is 2.19. The number of nitrogens with zero attached hydrogens (tertiary/aromatic N) is 1. The highest BCUT2D eigenvalue weighted by atomic mass is 32.2. The van der Waals surface area contributed by atoms with E-state index in [-0.39, 0.29) is 11.3 Å². The van der Waals surface area contributed by atoms with Crippen LogP contribution in [0.1, 0.15) is 27.7 Å². The van der Waals surface area contributed by atoms with Gasteiger partial charge in [0.05, 0.1) is 5.88 Å². The van der Waals surface area contributed by atoms with Gasteiger partial charge in [0.25, 0.3) is 0 Å². The summed E-state index contributed by atoms with van der Waals surface area (Å²) in [7, 11) is 0. The number of hydrogen-bond donors (Lipinski definition) is 0. The number of amides is 1. The molecule has 0 saturated carbocycles. The fourth-order valence-electron chi connectivity index (χ4n) is 1.23. The maximum absolute atomic E-state index is 11.9. The Morgan fingerprint density at radius 2 is 2.08 bits per heavy atom. The molecule has 1 heterocycles. The Hall–Kier alpha value is -0.180. The molecule has 0 aromatic rings. The van der Waals surface area contributed by atoms with Crippen LogP contribution in [0.3, 0.4) is 0 Å². The van der Waals surface area contributed by atoms with E-state index in [9.17, 15) is 4.79 Å². The first-order chi connectivity index (χ1) is 5.93. The monoisotopic (exact) mass is 201 g/mol. The minimum Gasteiger partial charge on any atom is -0.332 e. The van der Waals surface area contributed by atoms with Crippen molar-refractivity contribution in [1.82, 2.24) is 4.90 Å². The van der Waals surface area contributed by atoms with Gasteiger partial charge in [0.2, 0.25) is 5.91 Å². The van der Waals surface area contributed by atoms with Crippen molar-refractivity contribution in [2.75, 3.05) is 18.2 Å². The van der Waals surface area contributed by atoms with Gasteiger partial charge in [-0.05, 0) is 5.41 Å². The Bertz CT molecular complexity index is 192. The van der Waals surface area contributed by atoms with E-state index in [1.807, 2.05) is 23.6 Å². The minimum atomic E-state index is 0.0876. The number of carbonyl (C=O) groups excluding carboxylic acids is 1. The van der Waals surface area contributed by atoms with Crippen LogP contribution in [0, 0.1) is 11.3 Å². The quantitative estimate of drug-likeness (QED) is 0.648. The van der Waals surface area contributed by atoms with E-state index >= 15 is 0 Å². The standard InChI is InChI=1S/C10H19NOS/c1-8(10(2,3)4)9(12)11-5-6-13-7-11/h8H,5-7H2,1-4H3. The second-order valence-corrected chi connectivity index (χ2v) is 5.80. The maximum Gasteiger partial charge on any atom is 0.226 e. The van der Waals surface area contributed by atoms with E-state index in [2.05, 4.69) is 20.8 Å². The molecule has 1 atom stereocenters. The molecule has 0 radical (unpaired) electrons. The molecule has 1 amide bonds. The van der Waals surface area contributed by atoms with Crippen molar-refractivity contribution < 1.29 is 4.79 Å². The van der Waals surface area contributed by atoms with Crippen LogP contribution < -0.4 is 0 Å². The van der Waals surface area contributed by atoms with Crippen LogP contribution in [0.5, 0.6) is 0 Å². The van der Waals surface area contributed by atoms with Gasteiger partial charge in [0, 0.05) is 18.2 Å². The Labute approximate surface area is 85.1 Å². The second kappa shape index (κ2) is 3.91. The van der Waals surface area contributed by atoms with Crippen LogP contribution in [0.25, 0.3) is 0 Å². The Balaban J connectivity index is 2.56. The lowest BCUT2D eigenvalue weighted by atomic mass is 9.81. The molecular weight excluding hydrogens is 182 g/mol. The predicted molar refractivity (Wildman–Crippen MR) is 57.7 cm³/mol. The lowest BCUT2D eigenvalue weighted by Crippen LogP contribution is -2.38. The lowest BCUT2D eigenvalue weighted by molar-refractivity contribution is -0.136. The smallest absolute Gasteiger partial charge is 0.226 e. The highest BCUT2D eigenvalue weighted by molar-refractivity contribution is 7.99. The van der Waals surface area contributed by atoms with E-state index in [0.717, 1.165) is 18.2 Å². The van der Waals surface area contributed by atoms with E-state index in [0.29, 0.717) is 5.91 Å². The second-order valence-electron chi connectivity index (χ2n) is 4.73. The van der Waals surface area contributed by atoms with Gasteiger partial charge >= 0.3 is 0 Å². The third kappa shape index (κ3) is 2.63. The van der Waals surface area contributed by atoms with Gasteiger partial charge < -0.3 is 4.90 Å². The first kappa shape index (κ1) is 10.9. The summed E-state index contributed by atoms with van der Waals surface area (Å²) in [4.78, 5) is 13.9. The van der Waals surface area contributed by atoms with Crippen LogP contribution in [-0.4, -0.2) is 29.0 Å². The van der Waals surface area contributed by atoms with Gasteiger partial charge in [-0.1, -0.05) is 27.7 Å². The zero-order chi connectivity index (χ0) is 10.1. The molecule has 0 aliphatic carbocycles. The molecule has 1 aliphatic heterocycles. The van der Waals surface area contributed by atoms with Crippen LogP contribution in [0.4, 0.5) is 0 Å². The van der Waals surface area contributed by atoms with E-state index in [1.165, 1.54) is 0 Å². The summed E-state index contributed by atoms with van der Waals surface area (Å²) in [5.41, 5.74) is 0.0876. The largest absolute Gasteiger partial charge is 0.332 e. The van der Waals surface area contributed by atoms with Crippen LogP contribution in [-0.2, 0) is 4.79 Å². The van der Waals surface area contributed by atoms with Crippen molar-refractivity contribution in [3.63, 3.8) is 0 Å². The van der Waals surface area contributed by atoms with Gasteiger partial charge in [-0.3, -0.25) is 4.79 Å². The molecule has 0 N–H and O–H groups in total. The number of carbonyl (C=O) groups is 1. The van der Waals surface area contributed by atoms with Crippen molar-refractivity contribution in [2.24, 2.45) is 11.3 Å². The van der Waals surface area contributed by atoms with Crippen molar-refractivity contribution in [1.29, 1.82) is 0 Å². The zero-order valence-electron chi connectivity index (χ0n) is 8.96. The Morgan fingerprint density at radius 1 is 1.46 bits per heavy atom. The highest BCUT2D eigenvalue weighted by Gasteiger charge is 2.31. The van der Waals surface area contributed by atoms with Crippen molar-refractivity contribution >= 4 is 17.7 Å². The van der Waals surface area contributed by atoms with Crippen molar-refractivity contribution in [3.05, 3.63) is 0 Å². The Kier molecular flexibility index (Phi) is 3.28. The van der Waals surface area contributed by atoms with E-state index in [4.69, 9.17) is 0 Å². The van der Waals surface area contributed by atoms with Crippen LogP contribution in [0.15, 0.2) is 0 Å². The summed E-state index contributed by atoms with van der Waals surface area (Å²) in [6, 6.07) is 0. The van der Waals surface area contributed by atoms with Gasteiger partial charge in [-0.2, -0.15) is 0 Å². The molecule has 0 aromatic carbocycles.